The van der Waals surface area contributed by atoms with Crippen molar-refractivity contribution in [1.29, 1.82) is 0 Å². The summed E-state index contributed by atoms with van der Waals surface area (Å²) in [5, 5.41) is 0. The van der Waals surface area contributed by atoms with Gasteiger partial charge in [0.1, 0.15) is 5.75 Å². The zero-order valence-electron chi connectivity index (χ0n) is 12.8. The summed E-state index contributed by atoms with van der Waals surface area (Å²) in [5.41, 5.74) is 2.60. The number of benzene rings is 2. The normalized spacial score (nSPS) is 12.3. The van der Waals surface area contributed by atoms with Crippen LogP contribution in [0, 0.1) is 0 Å². The molecule has 2 aromatic heterocycles. The highest BCUT2D eigenvalue weighted by Gasteiger charge is 2.10. The van der Waals surface area contributed by atoms with E-state index in [0.29, 0.717) is 11.1 Å². The minimum atomic E-state index is -0.0336. The monoisotopic (exact) mass is 400 g/mol. The van der Waals surface area contributed by atoms with Crippen LogP contribution in [0.5, 0.6) is 5.75 Å². The Balaban J connectivity index is 1.87. The van der Waals surface area contributed by atoms with Crippen molar-refractivity contribution in [3.8, 4) is 5.75 Å². The van der Waals surface area contributed by atoms with Crippen LogP contribution in [0.1, 0.15) is 12.5 Å². The molecule has 4 nitrogen and oxygen atoms in total. The molecule has 4 aromatic rings. The van der Waals surface area contributed by atoms with Crippen LogP contribution >= 0.6 is 27.3 Å². The maximum atomic E-state index is 12.7. The number of rotatable bonds is 3. The summed E-state index contributed by atoms with van der Waals surface area (Å²) in [7, 11) is 0. The quantitative estimate of drug-likeness (QED) is 0.527. The Bertz CT molecular complexity index is 1160. The van der Waals surface area contributed by atoms with Crippen molar-refractivity contribution in [2.75, 3.05) is 6.61 Å². The molecule has 120 valence electrons. The van der Waals surface area contributed by atoms with E-state index in [2.05, 4.69) is 20.9 Å². The highest BCUT2D eigenvalue weighted by molar-refractivity contribution is 9.10. The molecule has 0 unspecified atom stereocenters. The lowest BCUT2D eigenvalue weighted by atomic mass is 10.2. The molecule has 0 amide bonds. The van der Waals surface area contributed by atoms with Crippen LogP contribution in [0.3, 0.4) is 0 Å². The predicted molar refractivity (Wildman–Crippen MR) is 101 cm³/mol. The van der Waals surface area contributed by atoms with Gasteiger partial charge in [0, 0.05) is 0 Å². The fourth-order valence-corrected chi connectivity index (χ4v) is 4.14. The van der Waals surface area contributed by atoms with Crippen molar-refractivity contribution in [2.24, 2.45) is 0 Å². The van der Waals surface area contributed by atoms with Crippen LogP contribution in [0.15, 0.2) is 51.7 Å². The molecule has 0 fully saturated rings. The maximum Gasteiger partial charge on any atom is 0.274 e. The largest absolute Gasteiger partial charge is 0.493 e. The van der Waals surface area contributed by atoms with Gasteiger partial charge in [0.05, 0.1) is 26.6 Å². The fraction of sp³-hybridized carbons (Fsp3) is 0.111. The van der Waals surface area contributed by atoms with E-state index in [1.54, 1.807) is 4.40 Å². The van der Waals surface area contributed by atoms with Crippen molar-refractivity contribution in [2.45, 2.75) is 6.92 Å². The van der Waals surface area contributed by atoms with E-state index in [-0.39, 0.29) is 5.56 Å². The SMILES string of the molecule is CCOc1ccc(/C=c2\sc3nc4ccccc4n3c2=O)cc1Br. The predicted octanol–water partition coefficient (Wildman–Crippen LogP) is 3.62. The van der Waals surface area contributed by atoms with Gasteiger partial charge in [-0.1, -0.05) is 29.5 Å². The first kappa shape index (κ1) is 15.4. The Morgan fingerprint density at radius 1 is 1.29 bits per heavy atom. The third-order valence-electron chi connectivity index (χ3n) is 3.70. The molecule has 0 aliphatic rings. The van der Waals surface area contributed by atoms with Gasteiger partial charge in [-0.2, -0.15) is 0 Å². The molecule has 0 N–H and O–H groups in total. The Labute approximate surface area is 150 Å². The van der Waals surface area contributed by atoms with Crippen molar-refractivity contribution >= 4 is 49.3 Å². The third-order valence-corrected chi connectivity index (χ3v) is 5.29. The van der Waals surface area contributed by atoms with E-state index in [0.717, 1.165) is 31.8 Å². The molecule has 0 aliphatic heterocycles. The van der Waals surface area contributed by atoms with Crippen molar-refractivity contribution in [3.63, 3.8) is 0 Å². The second kappa shape index (κ2) is 6.03. The number of halogens is 1. The van der Waals surface area contributed by atoms with E-state index >= 15 is 0 Å². The summed E-state index contributed by atoms with van der Waals surface area (Å²) >= 11 is 4.90. The van der Waals surface area contributed by atoms with Crippen LogP contribution in [0.2, 0.25) is 0 Å². The molecule has 6 heteroatoms. The number of thiazole rings is 1. The number of hydrogen-bond acceptors (Lipinski definition) is 4. The minimum absolute atomic E-state index is 0.0336. The summed E-state index contributed by atoms with van der Waals surface area (Å²) in [4.78, 5) is 18.0. The van der Waals surface area contributed by atoms with Crippen molar-refractivity contribution in [1.82, 2.24) is 9.38 Å². The van der Waals surface area contributed by atoms with Gasteiger partial charge in [-0.3, -0.25) is 4.79 Å². The van der Waals surface area contributed by atoms with Crippen LogP contribution in [-0.2, 0) is 0 Å². The highest BCUT2D eigenvalue weighted by atomic mass is 79.9. The first-order chi connectivity index (χ1) is 11.7. The molecule has 0 spiro atoms. The van der Waals surface area contributed by atoms with Gasteiger partial charge in [-0.25, -0.2) is 9.38 Å². The number of imidazole rings is 1. The average Bonchev–Trinajstić information content (AvgIpc) is 3.07. The summed E-state index contributed by atoms with van der Waals surface area (Å²) in [6.45, 7) is 2.56. The highest BCUT2D eigenvalue weighted by Crippen LogP contribution is 2.26. The summed E-state index contributed by atoms with van der Waals surface area (Å²) < 4.78 is 8.73. The average molecular weight is 401 g/mol. The number of ether oxygens (including phenoxy) is 1. The molecule has 0 atom stereocenters. The smallest absolute Gasteiger partial charge is 0.274 e. The number of fused-ring (bicyclic) bond motifs is 3. The second-order valence-electron chi connectivity index (χ2n) is 5.26. The van der Waals surface area contributed by atoms with Crippen LogP contribution in [-0.4, -0.2) is 16.0 Å². The van der Waals surface area contributed by atoms with Crippen LogP contribution < -0.4 is 14.8 Å². The molecule has 0 saturated carbocycles. The molecule has 0 radical (unpaired) electrons. The molecule has 2 aromatic carbocycles. The molecule has 24 heavy (non-hydrogen) atoms. The van der Waals surface area contributed by atoms with E-state index in [4.69, 9.17) is 4.74 Å². The Kier molecular flexibility index (Phi) is 3.86. The fourth-order valence-electron chi connectivity index (χ4n) is 2.64. The van der Waals surface area contributed by atoms with E-state index < -0.39 is 0 Å². The topological polar surface area (TPSA) is 43.6 Å². The Hall–Kier alpha value is -2.18. The van der Waals surface area contributed by atoms with Crippen LogP contribution in [0.25, 0.3) is 22.1 Å². The third kappa shape index (κ3) is 2.52. The lowest BCUT2D eigenvalue weighted by molar-refractivity contribution is 0.338. The zero-order valence-corrected chi connectivity index (χ0v) is 15.2. The Morgan fingerprint density at radius 2 is 2.12 bits per heavy atom. The molecule has 0 bridgehead atoms. The number of nitrogens with zero attached hydrogens (tertiary/aromatic N) is 2. The Morgan fingerprint density at radius 3 is 2.92 bits per heavy atom. The molecular formula is C18H13BrN2O2S. The summed E-state index contributed by atoms with van der Waals surface area (Å²) in [5.74, 6) is 0.795. The molecule has 0 saturated heterocycles. The molecular weight excluding hydrogens is 388 g/mol. The van der Waals surface area contributed by atoms with E-state index in [9.17, 15) is 4.79 Å². The van der Waals surface area contributed by atoms with Gasteiger partial charge in [0.25, 0.3) is 5.56 Å². The van der Waals surface area contributed by atoms with Crippen molar-refractivity contribution in [3.05, 3.63) is 67.4 Å². The standard InChI is InChI=1S/C18H13BrN2O2S/c1-2-23-15-8-7-11(9-12(15)19)10-16-17(22)21-14-6-4-3-5-13(14)20-18(21)24-16/h3-10H,2H2,1H3/b16-10-. The first-order valence-corrected chi connectivity index (χ1v) is 9.12. The van der Waals surface area contributed by atoms with Gasteiger partial charge in [0.2, 0.25) is 0 Å². The number of hydrogen-bond donors (Lipinski definition) is 0. The summed E-state index contributed by atoms with van der Waals surface area (Å²) in [6.07, 6.45) is 1.89. The first-order valence-electron chi connectivity index (χ1n) is 7.51. The van der Waals surface area contributed by atoms with Gasteiger partial charge >= 0.3 is 0 Å². The van der Waals surface area contributed by atoms with Gasteiger partial charge in [-0.15, -0.1) is 0 Å². The maximum absolute atomic E-state index is 12.7. The van der Waals surface area contributed by atoms with Crippen molar-refractivity contribution < 1.29 is 4.74 Å². The lowest BCUT2D eigenvalue weighted by Gasteiger charge is -2.05. The van der Waals surface area contributed by atoms with Gasteiger partial charge in [-0.05, 0) is 58.8 Å². The lowest BCUT2D eigenvalue weighted by Crippen LogP contribution is -2.22. The van der Waals surface area contributed by atoms with Gasteiger partial charge in [0.15, 0.2) is 4.96 Å². The molecule has 0 aliphatic carbocycles. The van der Waals surface area contributed by atoms with E-state index in [1.165, 1.54) is 11.3 Å². The number of aromatic nitrogens is 2. The zero-order chi connectivity index (χ0) is 16.7. The molecule has 4 rings (SSSR count). The second-order valence-corrected chi connectivity index (χ2v) is 7.12. The molecule has 2 heterocycles. The van der Waals surface area contributed by atoms with E-state index in [1.807, 2.05) is 55.5 Å². The number of para-hydroxylation sites is 2. The van der Waals surface area contributed by atoms with Crippen LogP contribution in [0.4, 0.5) is 0 Å². The minimum Gasteiger partial charge on any atom is -0.493 e. The summed E-state index contributed by atoms with van der Waals surface area (Å²) in [6, 6.07) is 13.5. The van der Waals surface area contributed by atoms with Gasteiger partial charge < -0.3 is 4.74 Å².